The molecule has 0 saturated carbocycles. The first-order chi connectivity index (χ1) is 21.7. The second-order valence-corrected chi connectivity index (χ2v) is 14.0. The molecule has 0 radical (unpaired) electrons. The van der Waals surface area contributed by atoms with E-state index in [0.29, 0.717) is 0 Å². The molecule has 0 unspecified atom stereocenters. The van der Waals surface area contributed by atoms with Gasteiger partial charge in [-0.15, -0.1) is 0 Å². The first-order valence-corrected chi connectivity index (χ1v) is 16.7. The first-order valence-electron chi connectivity index (χ1n) is 15.0. The molecule has 0 aromatic heterocycles. The van der Waals surface area contributed by atoms with E-state index in [4.69, 9.17) is 0 Å². The minimum absolute atomic E-state index is 0.828. The van der Waals surface area contributed by atoms with Gasteiger partial charge in [-0.2, -0.15) is 0 Å². The van der Waals surface area contributed by atoms with Gasteiger partial charge >= 0.3 is 0 Å². The molecule has 0 atom stereocenters. The lowest BCUT2D eigenvalue weighted by Gasteiger charge is -2.22. The molecule has 44 heavy (non-hydrogen) atoms. The Kier molecular flexibility index (Phi) is 6.48. The third-order valence-electron chi connectivity index (χ3n) is 8.77. The van der Waals surface area contributed by atoms with Gasteiger partial charge in [0.1, 0.15) is 0 Å². The topological polar surface area (TPSA) is 17.1 Å². The summed E-state index contributed by atoms with van der Waals surface area (Å²) < 4.78 is 15.8. The zero-order chi connectivity index (χ0) is 29.5. The second kappa shape index (κ2) is 10.8. The Balaban J connectivity index is 1.35. The molecule has 2 heteroatoms. The minimum atomic E-state index is -3.24. The third-order valence-corrected chi connectivity index (χ3v) is 11.8. The third kappa shape index (κ3) is 4.37. The Hall–Kier alpha value is -5.23. The lowest BCUT2D eigenvalue weighted by atomic mass is 9.94. The summed E-state index contributed by atoms with van der Waals surface area (Å²) in [6.45, 7) is 0. The molecule has 1 nitrogen and oxygen atoms in total. The highest BCUT2D eigenvalue weighted by Gasteiger charge is 2.30. The van der Waals surface area contributed by atoms with E-state index in [1.54, 1.807) is 0 Å². The van der Waals surface area contributed by atoms with Crippen LogP contribution >= 0.6 is 7.14 Å². The number of fused-ring (bicyclic) bond motifs is 6. The molecule has 0 aliphatic carbocycles. The summed E-state index contributed by atoms with van der Waals surface area (Å²) in [6.07, 6.45) is 0. The van der Waals surface area contributed by atoms with Crippen LogP contribution in [0.4, 0.5) is 0 Å². The highest BCUT2D eigenvalue weighted by atomic mass is 31.2. The zero-order valence-electron chi connectivity index (χ0n) is 24.1. The van der Waals surface area contributed by atoms with Crippen molar-refractivity contribution in [2.24, 2.45) is 0 Å². The van der Waals surface area contributed by atoms with Crippen molar-refractivity contribution in [3.05, 3.63) is 176 Å². The highest BCUT2D eigenvalue weighted by Crippen LogP contribution is 2.45. The second-order valence-electron chi connectivity index (χ2n) is 11.3. The Morgan fingerprint density at radius 3 is 1.02 bits per heavy atom. The summed E-state index contributed by atoms with van der Waals surface area (Å²) >= 11 is 0. The van der Waals surface area contributed by atoms with Crippen molar-refractivity contribution in [1.29, 1.82) is 0 Å². The quantitative estimate of drug-likeness (QED) is 0.146. The van der Waals surface area contributed by atoms with E-state index in [2.05, 4.69) is 140 Å². The molecule has 0 spiro atoms. The van der Waals surface area contributed by atoms with Gasteiger partial charge in [0.2, 0.25) is 0 Å². The minimum Gasteiger partial charge on any atom is -0.309 e. The summed E-state index contributed by atoms with van der Waals surface area (Å²) in [6, 6.07) is 60.8. The van der Waals surface area contributed by atoms with Crippen LogP contribution in [0.2, 0.25) is 0 Å². The van der Waals surface area contributed by atoms with Crippen molar-refractivity contribution in [3.8, 4) is 22.3 Å². The number of hydrogen-bond donors (Lipinski definition) is 0. The van der Waals surface area contributed by atoms with Crippen LogP contribution in [0.15, 0.2) is 176 Å². The van der Waals surface area contributed by atoms with Crippen molar-refractivity contribution >= 4 is 55.4 Å². The van der Waals surface area contributed by atoms with Crippen LogP contribution in [0.3, 0.4) is 0 Å². The summed E-state index contributed by atoms with van der Waals surface area (Å²) in [5, 5.41) is 9.62. The Bertz CT molecular complexity index is 2200. The summed E-state index contributed by atoms with van der Waals surface area (Å²) in [5.41, 5.74) is 4.50. The van der Waals surface area contributed by atoms with Crippen molar-refractivity contribution in [2.45, 2.75) is 0 Å². The monoisotopic (exact) mass is 580 g/mol. The van der Waals surface area contributed by atoms with Gasteiger partial charge in [0.25, 0.3) is 0 Å². The molecule has 0 bridgehead atoms. The maximum Gasteiger partial charge on any atom is 0.171 e. The van der Waals surface area contributed by atoms with E-state index in [0.717, 1.165) is 43.6 Å². The van der Waals surface area contributed by atoms with Crippen LogP contribution in [0, 0.1) is 0 Å². The van der Waals surface area contributed by atoms with Crippen LogP contribution in [0.5, 0.6) is 0 Å². The number of hydrogen-bond acceptors (Lipinski definition) is 1. The Labute approximate surface area is 257 Å². The van der Waals surface area contributed by atoms with E-state index in [1.165, 1.54) is 26.9 Å². The number of benzene rings is 8. The van der Waals surface area contributed by atoms with Crippen molar-refractivity contribution in [3.63, 3.8) is 0 Å². The molecule has 0 aliphatic rings. The van der Waals surface area contributed by atoms with Gasteiger partial charge in [-0.1, -0.05) is 170 Å². The molecular formula is C42H29OP. The standard InChI is InChI=1S/C42H29OP/c43-44(34-23-19-32(20-24-34)30-11-3-1-4-12-30,35-25-21-33(22-26-35)31-13-5-2-6-14-31)36-27-28-41-39-17-8-7-15-37(39)38-16-9-10-18-40(38)42(41)29-36/h1-29H. The van der Waals surface area contributed by atoms with Crippen molar-refractivity contribution in [2.75, 3.05) is 0 Å². The molecule has 8 aromatic rings. The van der Waals surface area contributed by atoms with Crippen molar-refractivity contribution < 1.29 is 4.57 Å². The smallest absolute Gasteiger partial charge is 0.171 e. The van der Waals surface area contributed by atoms with Crippen LogP contribution in [-0.4, -0.2) is 0 Å². The molecule has 0 saturated heterocycles. The number of rotatable bonds is 5. The van der Waals surface area contributed by atoms with E-state index in [9.17, 15) is 0 Å². The molecule has 8 aromatic carbocycles. The molecule has 0 heterocycles. The first kappa shape index (κ1) is 26.4. The van der Waals surface area contributed by atoms with E-state index < -0.39 is 7.14 Å². The van der Waals surface area contributed by atoms with Gasteiger partial charge in [0.15, 0.2) is 7.14 Å². The summed E-state index contributed by atoms with van der Waals surface area (Å²) in [5.74, 6) is 0. The van der Waals surface area contributed by atoms with E-state index in [1.807, 2.05) is 36.4 Å². The fraction of sp³-hybridized carbons (Fsp3) is 0. The summed E-state index contributed by atoms with van der Waals surface area (Å²) in [7, 11) is -3.24. The van der Waals surface area contributed by atoms with Gasteiger partial charge in [-0.25, -0.2) is 0 Å². The average molecular weight is 581 g/mol. The summed E-state index contributed by atoms with van der Waals surface area (Å²) in [4.78, 5) is 0. The average Bonchev–Trinajstić information content (AvgIpc) is 3.12. The molecule has 0 aliphatic heterocycles. The van der Waals surface area contributed by atoms with Gasteiger partial charge in [0, 0.05) is 15.9 Å². The van der Waals surface area contributed by atoms with Gasteiger partial charge < -0.3 is 4.57 Å². The SMILES string of the molecule is O=P(c1ccc(-c2ccccc2)cc1)(c1ccc(-c2ccccc2)cc1)c1ccc2c3ccccc3c3ccccc3c2c1. The molecule has 0 fully saturated rings. The fourth-order valence-electron chi connectivity index (χ4n) is 6.53. The lowest BCUT2D eigenvalue weighted by molar-refractivity contribution is 0.592. The van der Waals surface area contributed by atoms with Crippen LogP contribution in [0.1, 0.15) is 0 Å². The predicted octanol–water partition coefficient (Wildman–Crippen LogP) is 10.1. The van der Waals surface area contributed by atoms with Crippen LogP contribution in [0.25, 0.3) is 54.6 Å². The molecule has 0 N–H and O–H groups in total. The van der Waals surface area contributed by atoms with Gasteiger partial charge in [-0.3, -0.25) is 0 Å². The maximum atomic E-state index is 15.8. The zero-order valence-corrected chi connectivity index (χ0v) is 25.0. The molecule has 208 valence electrons. The maximum absolute atomic E-state index is 15.8. The lowest BCUT2D eigenvalue weighted by Crippen LogP contribution is -2.25. The Morgan fingerprint density at radius 1 is 0.273 bits per heavy atom. The van der Waals surface area contributed by atoms with E-state index in [-0.39, 0.29) is 0 Å². The molecule has 8 rings (SSSR count). The van der Waals surface area contributed by atoms with Crippen molar-refractivity contribution in [1.82, 2.24) is 0 Å². The van der Waals surface area contributed by atoms with Crippen LogP contribution in [-0.2, 0) is 4.57 Å². The molecule has 0 amide bonds. The fourth-order valence-corrected chi connectivity index (χ4v) is 9.16. The predicted molar refractivity (Wildman–Crippen MR) is 189 cm³/mol. The van der Waals surface area contributed by atoms with Crippen LogP contribution < -0.4 is 15.9 Å². The largest absolute Gasteiger partial charge is 0.309 e. The molecular weight excluding hydrogens is 551 g/mol. The normalized spacial score (nSPS) is 11.7. The van der Waals surface area contributed by atoms with E-state index >= 15 is 4.57 Å². The van der Waals surface area contributed by atoms with Gasteiger partial charge in [0.05, 0.1) is 0 Å². The van der Waals surface area contributed by atoms with Gasteiger partial charge in [-0.05, 0) is 60.6 Å². The Morgan fingerprint density at radius 2 is 0.591 bits per heavy atom. The highest BCUT2D eigenvalue weighted by molar-refractivity contribution is 7.85.